The predicted octanol–water partition coefficient (Wildman–Crippen LogP) is 6.94. The molecule has 214 valence electrons. The molecule has 1 aliphatic heterocycles. The van der Waals surface area contributed by atoms with E-state index in [1.807, 2.05) is 30.3 Å². The standard InChI is InChI=1S/C28H29F3N2O5S2/c1-27(2,3)38-26(34)32-21-12-13-25-24(15-21)33(16-22(37-25)18-39-17-19-8-5-4-6-9-19)40(35,36)23-11-7-10-20(14-23)28(29,30)31/h4-15,22H,16-18H2,1-3H3,(H,32,34). The molecule has 0 aromatic heterocycles. The monoisotopic (exact) mass is 594 g/mol. The van der Waals surface area contributed by atoms with Gasteiger partial charge in [-0.25, -0.2) is 13.2 Å². The summed E-state index contributed by atoms with van der Waals surface area (Å²) in [6.07, 6.45) is -6.03. The average Bonchev–Trinajstić information content (AvgIpc) is 2.87. The fourth-order valence-electron chi connectivity index (χ4n) is 3.97. The van der Waals surface area contributed by atoms with Crippen molar-refractivity contribution in [1.82, 2.24) is 0 Å². The van der Waals surface area contributed by atoms with E-state index in [1.54, 1.807) is 32.5 Å². The number of sulfonamides is 1. The van der Waals surface area contributed by atoms with Crippen LogP contribution in [0.3, 0.4) is 0 Å². The number of nitrogens with one attached hydrogen (secondary N) is 1. The first-order chi connectivity index (χ1) is 18.7. The number of nitrogens with zero attached hydrogens (tertiary/aromatic N) is 1. The highest BCUT2D eigenvalue weighted by molar-refractivity contribution is 7.98. The molecular formula is C28H29F3N2O5S2. The molecule has 0 saturated heterocycles. The largest absolute Gasteiger partial charge is 0.485 e. The quantitative estimate of drug-likeness (QED) is 0.319. The Morgan fingerprint density at radius 3 is 2.45 bits per heavy atom. The zero-order chi connectivity index (χ0) is 29.1. The maximum Gasteiger partial charge on any atom is 0.416 e. The second kappa shape index (κ2) is 11.6. The van der Waals surface area contributed by atoms with Crippen molar-refractivity contribution in [3.05, 3.63) is 83.9 Å². The molecule has 1 heterocycles. The molecule has 0 fully saturated rings. The average molecular weight is 595 g/mol. The van der Waals surface area contributed by atoms with Gasteiger partial charge in [-0.2, -0.15) is 24.9 Å². The van der Waals surface area contributed by atoms with E-state index in [1.165, 1.54) is 18.2 Å². The van der Waals surface area contributed by atoms with Crippen molar-refractivity contribution >= 4 is 39.3 Å². The number of rotatable bonds is 7. The van der Waals surface area contributed by atoms with E-state index >= 15 is 0 Å². The van der Waals surface area contributed by atoms with Gasteiger partial charge in [0.05, 0.1) is 22.7 Å². The lowest BCUT2D eigenvalue weighted by atomic mass is 10.2. The van der Waals surface area contributed by atoms with Crippen LogP contribution in [0.4, 0.5) is 29.3 Å². The highest BCUT2D eigenvalue weighted by atomic mass is 32.2. The first-order valence-corrected chi connectivity index (χ1v) is 14.9. The Hall–Kier alpha value is -3.38. The molecule has 40 heavy (non-hydrogen) atoms. The first kappa shape index (κ1) is 29.6. The van der Waals surface area contributed by atoms with Crippen LogP contribution in [0.5, 0.6) is 5.75 Å². The van der Waals surface area contributed by atoms with Crippen LogP contribution in [0.2, 0.25) is 0 Å². The highest BCUT2D eigenvalue weighted by Gasteiger charge is 2.37. The molecule has 12 heteroatoms. The van der Waals surface area contributed by atoms with Crippen molar-refractivity contribution in [3.8, 4) is 5.75 Å². The lowest BCUT2D eigenvalue weighted by Gasteiger charge is -2.35. The lowest BCUT2D eigenvalue weighted by molar-refractivity contribution is -0.137. The van der Waals surface area contributed by atoms with Crippen molar-refractivity contribution in [1.29, 1.82) is 0 Å². The van der Waals surface area contributed by atoms with Crippen molar-refractivity contribution in [3.63, 3.8) is 0 Å². The van der Waals surface area contributed by atoms with Gasteiger partial charge in [-0.1, -0.05) is 36.4 Å². The maximum atomic E-state index is 13.8. The van der Waals surface area contributed by atoms with Crippen molar-refractivity contribution in [2.45, 2.75) is 49.3 Å². The van der Waals surface area contributed by atoms with Gasteiger partial charge in [0.2, 0.25) is 0 Å². The Morgan fingerprint density at radius 1 is 1.05 bits per heavy atom. The Morgan fingerprint density at radius 2 is 1.77 bits per heavy atom. The van der Waals surface area contributed by atoms with Gasteiger partial charge < -0.3 is 9.47 Å². The summed E-state index contributed by atoms with van der Waals surface area (Å²) in [6.45, 7) is 4.97. The Bertz CT molecular complexity index is 1460. The number of carbonyl (C=O) groups excluding carboxylic acids is 1. The van der Waals surface area contributed by atoms with Crippen molar-refractivity contribution in [2.24, 2.45) is 0 Å². The van der Waals surface area contributed by atoms with Crippen LogP contribution in [0.15, 0.2) is 77.7 Å². The Kier molecular flexibility index (Phi) is 8.60. The summed E-state index contributed by atoms with van der Waals surface area (Å²) in [5, 5.41) is 2.56. The van der Waals surface area contributed by atoms with E-state index in [9.17, 15) is 26.4 Å². The van der Waals surface area contributed by atoms with Crippen LogP contribution in [0, 0.1) is 0 Å². The molecule has 1 aliphatic rings. The number of anilines is 2. The third-order valence-electron chi connectivity index (χ3n) is 5.70. The van der Waals surface area contributed by atoms with Gasteiger partial charge in [0.1, 0.15) is 17.5 Å². The van der Waals surface area contributed by atoms with Gasteiger partial charge >= 0.3 is 12.3 Å². The molecule has 1 amide bonds. The van der Waals surface area contributed by atoms with Crippen LogP contribution in [0.1, 0.15) is 31.9 Å². The molecule has 0 radical (unpaired) electrons. The van der Waals surface area contributed by atoms with Crippen LogP contribution in [-0.4, -0.2) is 38.5 Å². The summed E-state index contributed by atoms with van der Waals surface area (Å²) in [5.41, 5.74) is -0.411. The molecule has 3 aromatic rings. The molecule has 1 atom stereocenters. The predicted molar refractivity (Wildman–Crippen MR) is 149 cm³/mol. The second-order valence-corrected chi connectivity index (χ2v) is 13.0. The molecule has 1 unspecified atom stereocenters. The second-order valence-electron chi connectivity index (χ2n) is 10.1. The number of amides is 1. The van der Waals surface area contributed by atoms with E-state index in [0.29, 0.717) is 17.6 Å². The fourth-order valence-corrected chi connectivity index (χ4v) is 6.50. The van der Waals surface area contributed by atoms with E-state index in [0.717, 1.165) is 28.1 Å². The number of hydrogen-bond donors (Lipinski definition) is 1. The molecule has 0 aliphatic carbocycles. The normalized spacial score (nSPS) is 15.7. The highest BCUT2D eigenvalue weighted by Crippen LogP contribution is 2.40. The minimum absolute atomic E-state index is 0.0929. The summed E-state index contributed by atoms with van der Waals surface area (Å²) < 4.78 is 80.1. The van der Waals surface area contributed by atoms with Crippen LogP contribution in [-0.2, 0) is 26.7 Å². The number of thioether (sulfide) groups is 1. The molecule has 1 N–H and O–H groups in total. The summed E-state index contributed by atoms with van der Waals surface area (Å²) in [6, 6.07) is 17.8. The number of halogens is 3. The molecule has 3 aromatic carbocycles. The fraction of sp³-hybridized carbons (Fsp3) is 0.321. The number of benzene rings is 3. The van der Waals surface area contributed by atoms with Gasteiger partial charge in [0, 0.05) is 17.2 Å². The van der Waals surface area contributed by atoms with Crippen LogP contribution >= 0.6 is 11.8 Å². The van der Waals surface area contributed by atoms with Crippen LogP contribution in [0.25, 0.3) is 0 Å². The van der Waals surface area contributed by atoms with Gasteiger partial charge in [-0.15, -0.1) is 0 Å². The van der Waals surface area contributed by atoms with Gasteiger partial charge in [0.25, 0.3) is 10.0 Å². The third-order valence-corrected chi connectivity index (χ3v) is 8.62. The summed E-state index contributed by atoms with van der Waals surface area (Å²) in [5.74, 6) is 1.33. The number of alkyl halides is 3. The summed E-state index contributed by atoms with van der Waals surface area (Å²) >= 11 is 1.55. The zero-order valence-corrected chi connectivity index (χ0v) is 23.7. The number of fused-ring (bicyclic) bond motifs is 1. The molecule has 7 nitrogen and oxygen atoms in total. The van der Waals surface area contributed by atoms with Crippen LogP contribution < -0.4 is 14.4 Å². The number of ether oxygens (including phenoxy) is 2. The first-order valence-electron chi connectivity index (χ1n) is 12.3. The van der Waals surface area contributed by atoms with E-state index in [4.69, 9.17) is 9.47 Å². The number of carbonyl (C=O) groups is 1. The lowest BCUT2D eigenvalue weighted by Crippen LogP contribution is -2.44. The van der Waals surface area contributed by atoms with E-state index in [2.05, 4.69) is 5.32 Å². The topological polar surface area (TPSA) is 84.9 Å². The Labute approximate surface area is 235 Å². The minimum atomic E-state index is -4.71. The molecule has 0 saturated carbocycles. The SMILES string of the molecule is CC(C)(C)OC(=O)Nc1ccc2c(c1)N(S(=O)(=O)c1cccc(C(F)(F)F)c1)CC(CSCc1ccccc1)O2. The van der Waals surface area contributed by atoms with Gasteiger partial charge in [-0.05, 0) is 62.7 Å². The molecule has 0 bridgehead atoms. The van der Waals surface area contributed by atoms with Crippen molar-refractivity contribution in [2.75, 3.05) is 21.9 Å². The zero-order valence-electron chi connectivity index (χ0n) is 22.1. The maximum absolute atomic E-state index is 13.8. The smallest absolute Gasteiger partial charge is 0.416 e. The minimum Gasteiger partial charge on any atom is -0.485 e. The van der Waals surface area contributed by atoms with Gasteiger partial charge in [-0.3, -0.25) is 9.62 Å². The summed E-state index contributed by atoms with van der Waals surface area (Å²) in [4.78, 5) is 11.8. The van der Waals surface area contributed by atoms with E-state index in [-0.39, 0.29) is 23.7 Å². The van der Waals surface area contributed by atoms with Gasteiger partial charge in [0.15, 0.2) is 0 Å². The third kappa shape index (κ3) is 7.42. The van der Waals surface area contributed by atoms with Crippen molar-refractivity contribution < 1.29 is 35.9 Å². The summed E-state index contributed by atoms with van der Waals surface area (Å²) in [7, 11) is -4.44. The molecule has 4 rings (SSSR count). The molecular weight excluding hydrogens is 565 g/mol. The van der Waals surface area contributed by atoms with E-state index < -0.39 is 44.5 Å². The molecule has 0 spiro atoms. The Balaban J connectivity index is 1.65. The number of hydrogen-bond acceptors (Lipinski definition) is 6.